The van der Waals surface area contributed by atoms with Crippen LogP contribution in [-0.2, 0) is 0 Å². The first-order valence-electron chi connectivity index (χ1n) is 5.47. The Hall–Kier alpha value is -1.02. The molecule has 1 aromatic rings. The minimum atomic E-state index is 0.656. The number of hydrogen-bond acceptors (Lipinski definition) is 2. The van der Waals surface area contributed by atoms with Crippen molar-refractivity contribution in [1.82, 2.24) is 5.32 Å². The van der Waals surface area contributed by atoms with E-state index in [2.05, 4.69) is 34.9 Å². The van der Waals surface area contributed by atoms with Crippen LogP contribution in [0.2, 0.25) is 0 Å². The van der Waals surface area contributed by atoms with E-state index < -0.39 is 0 Å². The van der Waals surface area contributed by atoms with Crippen molar-refractivity contribution in [2.75, 3.05) is 18.4 Å². The van der Waals surface area contributed by atoms with Crippen molar-refractivity contribution in [3.63, 3.8) is 0 Å². The summed E-state index contributed by atoms with van der Waals surface area (Å²) < 4.78 is 0. The summed E-state index contributed by atoms with van der Waals surface area (Å²) in [5.74, 6) is 0. The van der Waals surface area contributed by atoms with Gasteiger partial charge in [0.25, 0.3) is 0 Å². The molecular formula is C12H18N2. The quantitative estimate of drug-likeness (QED) is 0.764. The molecule has 2 nitrogen and oxygen atoms in total. The van der Waals surface area contributed by atoms with Crippen molar-refractivity contribution in [2.45, 2.75) is 25.3 Å². The highest BCUT2D eigenvalue weighted by atomic mass is 15.0. The van der Waals surface area contributed by atoms with Gasteiger partial charge in [0, 0.05) is 18.3 Å². The third-order valence-corrected chi connectivity index (χ3v) is 2.74. The number of piperidine rings is 1. The van der Waals surface area contributed by atoms with E-state index in [1.165, 1.54) is 31.5 Å². The topological polar surface area (TPSA) is 24.1 Å². The van der Waals surface area contributed by atoms with Gasteiger partial charge in [-0.15, -0.1) is 0 Å². The van der Waals surface area contributed by atoms with Crippen molar-refractivity contribution < 1.29 is 0 Å². The highest BCUT2D eigenvalue weighted by Gasteiger charge is 2.11. The van der Waals surface area contributed by atoms with E-state index in [0.29, 0.717) is 6.04 Å². The summed E-state index contributed by atoms with van der Waals surface area (Å²) in [7, 11) is 0. The Kier molecular flexibility index (Phi) is 3.41. The van der Waals surface area contributed by atoms with Gasteiger partial charge in [-0.1, -0.05) is 24.6 Å². The van der Waals surface area contributed by atoms with Gasteiger partial charge >= 0.3 is 0 Å². The van der Waals surface area contributed by atoms with Crippen molar-refractivity contribution in [2.24, 2.45) is 0 Å². The number of hydrogen-bond donors (Lipinski definition) is 2. The maximum absolute atomic E-state index is 3.53. The minimum absolute atomic E-state index is 0.656. The average Bonchev–Trinajstić information content (AvgIpc) is 2.29. The monoisotopic (exact) mass is 190 g/mol. The Bertz CT molecular complexity index is 252. The highest BCUT2D eigenvalue weighted by Crippen LogP contribution is 2.09. The maximum Gasteiger partial charge on any atom is 0.0340 e. The van der Waals surface area contributed by atoms with E-state index in [4.69, 9.17) is 0 Å². The second kappa shape index (κ2) is 5.01. The Morgan fingerprint density at radius 2 is 2.07 bits per heavy atom. The molecule has 2 heteroatoms. The summed E-state index contributed by atoms with van der Waals surface area (Å²) in [5.41, 5.74) is 1.22. The lowest BCUT2D eigenvalue weighted by atomic mass is 10.1. The summed E-state index contributed by atoms with van der Waals surface area (Å²) >= 11 is 0. The van der Waals surface area contributed by atoms with Crippen LogP contribution >= 0.6 is 0 Å². The Labute approximate surface area is 85.7 Å². The zero-order chi connectivity index (χ0) is 9.64. The molecule has 1 fully saturated rings. The minimum Gasteiger partial charge on any atom is -0.383 e. The molecule has 1 heterocycles. The normalized spacial score (nSPS) is 21.9. The molecule has 76 valence electrons. The van der Waals surface area contributed by atoms with Gasteiger partial charge in [0.15, 0.2) is 0 Å². The predicted molar refractivity (Wildman–Crippen MR) is 60.6 cm³/mol. The first kappa shape index (κ1) is 9.53. The van der Waals surface area contributed by atoms with Crippen LogP contribution in [0.3, 0.4) is 0 Å². The van der Waals surface area contributed by atoms with Gasteiger partial charge in [-0.25, -0.2) is 0 Å². The van der Waals surface area contributed by atoms with Crippen molar-refractivity contribution in [3.8, 4) is 0 Å². The molecule has 0 amide bonds. The van der Waals surface area contributed by atoms with E-state index in [9.17, 15) is 0 Å². The van der Waals surface area contributed by atoms with Gasteiger partial charge in [0.1, 0.15) is 0 Å². The van der Waals surface area contributed by atoms with Crippen LogP contribution in [0.5, 0.6) is 0 Å². The third kappa shape index (κ3) is 2.74. The molecule has 0 aromatic heterocycles. The number of para-hydroxylation sites is 1. The third-order valence-electron chi connectivity index (χ3n) is 2.74. The zero-order valence-electron chi connectivity index (χ0n) is 8.50. The molecule has 1 atom stereocenters. The largest absolute Gasteiger partial charge is 0.383 e. The lowest BCUT2D eigenvalue weighted by molar-refractivity contribution is 0.414. The standard InChI is InChI=1S/C12H18N2/c1-2-6-11(7-3-1)14-10-12-8-4-5-9-13-12/h1-3,6-7,12-14H,4-5,8-10H2/t12-/m0/s1. The summed E-state index contributed by atoms with van der Waals surface area (Å²) in [5, 5.41) is 6.98. The van der Waals surface area contributed by atoms with Crippen LogP contribution in [0, 0.1) is 0 Å². The summed E-state index contributed by atoms with van der Waals surface area (Å²) in [6, 6.07) is 11.1. The molecule has 0 unspecified atom stereocenters. The molecule has 0 saturated carbocycles. The highest BCUT2D eigenvalue weighted by molar-refractivity contribution is 5.42. The van der Waals surface area contributed by atoms with E-state index in [1.54, 1.807) is 0 Å². The molecule has 0 spiro atoms. The fraction of sp³-hybridized carbons (Fsp3) is 0.500. The Morgan fingerprint density at radius 3 is 2.79 bits per heavy atom. The van der Waals surface area contributed by atoms with Gasteiger partial charge in [-0.05, 0) is 31.5 Å². The van der Waals surface area contributed by atoms with E-state index in [1.807, 2.05) is 6.07 Å². The summed E-state index contributed by atoms with van der Waals surface area (Å²) in [6.45, 7) is 2.23. The van der Waals surface area contributed by atoms with Gasteiger partial charge < -0.3 is 10.6 Å². The molecule has 1 aliphatic rings. The second-order valence-electron chi connectivity index (χ2n) is 3.89. The first-order valence-corrected chi connectivity index (χ1v) is 5.47. The Balaban J connectivity index is 1.76. The Morgan fingerprint density at radius 1 is 1.21 bits per heavy atom. The molecule has 1 aliphatic heterocycles. The number of rotatable bonds is 3. The number of nitrogens with one attached hydrogen (secondary N) is 2. The molecule has 0 radical (unpaired) electrons. The SMILES string of the molecule is c1ccc(NC[C@@H]2CCCCN2)cc1. The molecular weight excluding hydrogens is 172 g/mol. The van der Waals surface area contributed by atoms with E-state index in [0.717, 1.165) is 6.54 Å². The smallest absolute Gasteiger partial charge is 0.0340 e. The molecule has 2 N–H and O–H groups in total. The van der Waals surface area contributed by atoms with Crippen LogP contribution in [-0.4, -0.2) is 19.1 Å². The number of benzene rings is 1. The van der Waals surface area contributed by atoms with Crippen LogP contribution in [0.1, 0.15) is 19.3 Å². The van der Waals surface area contributed by atoms with Gasteiger partial charge in [-0.2, -0.15) is 0 Å². The predicted octanol–water partition coefficient (Wildman–Crippen LogP) is 2.24. The fourth-order valence-corrected chi connectivity index (χ4v) is 1.90. The van der Waals surface area contributed by atoms with Crippen LogP contribution in [0.4, 0.5) is 5.69 Å². The molecule has 1 aromatic carbocycles. The van der Waals surface area contributed by atoms with Crippen LogP contribution in [0.25, 0.3) is 0 Å². The molecule has 2 rings (SSSR count). The summed E-state index contributed by atoms with van der Waals surface area (Å²) in [6.07, 6.45) is 4.01. The fourth-order valence-electron chi connectivity index (χ4n) is 1.90. The zero-order valence-corrected chi connectivity index (χ0v) is 8.50. The van der Waals surface area contributed by atoms with Crippen molar-refractivity contribution in [1.29, 1.82) is 0 Å². The van der Waals surface area contributed by atoms with Crippen LogP contribution < -0.4 is 10.6 Å². The van der Waals surface area contributed by atoms with Gasteiger partial charge in [0.2, 0.25) is 0 Å². The molecule has 0 aliphatic carbocycles. The first-order chi connectivity index (χ1) is 6.95. The van der Waals surface area contributed by atoms with Crippen LogP contribution in [0.15, 0.2) is 30.3 Å². The lowest BCUT2D eigenvalue weighted by Crippen LogP contribution is -2.39. The molecule has 1 saturated heterocycles. The number of anilines is 1. The summed E-state index contributed by atoms with van der Waals surface area (Å²) in [4.78, 5) is 0. The van der Waals surface area contributed by atoms with Gasteiger partial charge in [-0.3, -0.25) is 0 Å². The lowest BCUT2D eigenvalue weighted by Gasteiger charge is -2.24. The molecule has 0 bridgehead atoms. The molecule has 14 heavy (non-hydrogen) atoms. The average molecular weight is 190 g/mol. The van der Waals surface area contributed by atoms with Gasteiger partial charge in [0.05, 0.1) is 0 Å². The second-order valence-corrected chi connectivity index (χ2v) is 3.89. The van der Waals surface area contributed by atoms with E-state index in [-0.39, 0.29) is 0 Å². The van der Waals surface area contributed by atoms with Crippen molar-refractivity contribution >= 4 is 5.69 Å². The maximum atomic E-state index is 3.53. The van der Waals surface area contributed by atoms with E-state index >= 15 is 0 Å². The van der Waals surface area contributed by atoms with Crippen molar-refractivity contribution in [3.05, 3.63) is 30.3 Å².